The maximum absolute atomic E-state index is 5.73. The summed E-state index contributed by atoms with van der Waals surface area (Å²) in [6, 6.07) is 2.14. The first-order valence-electron chi connectivity index (χ1n) is 4.47. The number of hydrogen-bond donors (Lipinski definition) is 1. The van der Waals surface area contributed by atoms with E-state index in [0.717, 1.165) is 0 Å². The zero-order valence-electron chi connectivity index (χ0n) is 8.79. The minimum Gasteiger partial charge on any atom is -0.360 e. The summed E-state index contributed by atoms with van der Waals surface area (Å²) in [6.07, 6.45) is 0. The number of anilines is 1. The number of rotatable bonds is 3. The molecule has 0 aliphatic heterocycles. The molecule has 0 aromatic carbocycles. The molecule has 3 heteroatoms. The van der Waals surface area contributed by atoms with Crippen molar-refractivity contribution in [1.29, 1.82) is 0 Å². The van der Waals surface area contributed by atoms with Crippen molar-refractivity contribution < 1.29 is 0 Å². The molecule has 0 amide bonds. The molecule has 0 fully saturated rings. The van der Waals surface area contributed by atoms with Gasteiger partial charge in [-0.15, -0.1) is 11.3 Å². The molecule has 2 nitrogen and oxygen atoms in total. The summed E-state index contributed by atoms with van der Waals surface area (Å²) in [5.74, 6) is 0. The Morgan fingerprint density at radius 2 is 2.15 bits per heavy atom. The number of thiophene rings is 1. The van der Waals surface area contributed by atoms with E-state index in [-0.39, 0.29) is 5.54 Å². The summed E-state index contributed by atoms with van der Waals surface area (Å²) in [5, 5.41) is 3.43. The van der Waals surface area contributed by atoms with Gasteiger partial charge in [-0.1, -0.05) is 0 Å². The van der Waals surface area contributed by atoms with Gasteiger partial charge in [-0.05, 0) is 37.8 Å². The highest BCUT2D eigenvalue weighted by Crippen LogP contribution is 2.30. The maximum Gasteiger partial charge on any atom is 0.0940 e. The lowest BCUT2D eigenvalue weighted by molar-refractivity contribution is 0.500. The van der Waals surface area contributed by atoms with Crippen molar-refractivity contribution in [2.24, 2.45) is 5.73 Å². The Kier molecular flexibility index (Phi) is 2.98. The molecule has 1 aromatic rings. The van der Waals surface area contributed by atoms with E-state index in [0.29, 0.717) is 6.54 Å². The molecule has 0 saturated carbocycles. The molecule has 0 spiro atoms. The predicted octanol–water partition coefficient (Wildman–Crippen LogP) is 2.23. The van der Waals surface area contributed by atoms with E-state index >= 15 is 0 Å². The average Bonchev–Trinajstić information content (AvgIpc) is 2.50. The molecule has 0 unspecified atom stereocenters. The molecule has 1 aromatic heterocycles. The topological polar surface area (TPSA) is 29.3 Å². The van der Waals surface area contributed by atoms with Crippen LogP contribution in [0.3, 0.4) is 0 Å². The molecule has 13 heavy (non-hydrogen) atoms. The SMILES string of the molecule is Cc1ccsc1N(C)C(C)(C)CN. The summed E-state index contributed by atoms with van der Waals surface area (Å²) in [7, 11) is 2.10. The van der Waals surface area contributed by atoms with E-state index in [9.17, 15) is 0 Å². The lowest BCUT2D eigenvalue weighted by atomic mass is 10.0. The fraction of sp³-hybridized carbons (Fsp3) is 0.600. The van der Waals surface area contributed by atoms with Gasteiger partial charge in [0.05, 0.1) is 5.00 Å². The lowest BCUT2D eigenvalue weighted by Crippen LogP contribution is -2.47. The largest absolute Gasteiger partial charge is 0.360 e. The lowest BCUT2D eigenvalue weighted by Gasteiger charge is -2.35. The first-order chi connectivity index (χ1) is 5.99. The zero-order chi connectivity index (χ0) is 10.1. The van der Waals surface area contributed by atoms with Crippen LogP contribution in [-0.4, -0.2) is 19.1 Å². The third kappa shape index (κ3) is 2.03. The molecular weight excluding hydrogens is 180 g/mol. The summed E-state index contributed by atoms with van der Waals surface area (Å²) < 4.78 is 0. The first-order valence-corrected chi connectivity index (χ1v) is 5.35. The highest BCUT2D eigenvalue weighted by atomic mass is 32.1. The molecule has 1 heterocycles. The number of nitrogens with zero attached hydrogens (tertiary/aromatic N) is 1. The van der Waals surface area contributed by atoms with Crippen LogP contribution in [0.4, 0.5) is 5.00 Å². The second-order valence-electron chi connectivity index (χ2n) is 3.98. The number of hydrogen-bond acceptors (Lipinski definition) is 3. The summed E-state index contributed by atoms with van der Waals surface area (Å²) >= 11 is 1.77. The van der Waals surface area contributed by atoms with Gasteiger partial charge in [0, 0.05) is 19.1 Å². The third-order valence-corrected chi connectivity index (χ3v) is 3.64. The van der Waals surface area contributed by atoms with Crippen molar-refractivity contribution in [2.75, 3.05) is 18.5 Å². The molecule has 0 bridgehead atoms. The molecule has 1 rings (SSSR count). The predicted molar refractivity (Wildman–Crippen MR) is 60.6 cm³/mol. The molecule has 2 N–H and O–H groups in total. The smallest absolute Gasteiger partial charge is 0.0940 e. The fourth-order valence-corrected chi connectivity index (χ4v) is 2.18. The fourth-order valence-electron chi connectivity index (χ4n) is 1.12. The van der Waals surface area contributed by atoms with E-state index in [1.807, 2.05) is 0 Å². The van der Waals surface area contributed by atoms with Crippen LogP contribution in [0.5, 0.6) is 0 Å². The summed E-state index contributed by atoms with van der Waals surface area (Å²) in [5.41, 5.74) is 7.09. The number of likely N-dealkylation sites (N-methyl/N-ethyl adjacent to an activating group) is 1. The Morgan fingerprint density at radius 3 is 2.54 bits per heavy atom. The Morgan fingerprint density at radius 1 is 1.54 bits per heavy atom. The van der Waals surface area contributed by atoms with Crippen LogP contribution in [0.1, 0.15) is 19.4 Å². The van der Waals surface area contributed by atoms with Crippen LogP contribution in [0.2, 0.25) is 0 Å². The van der Waals surface area contributed by atoms with Gasteiger partial charge in [0.25, 0.3) is 0 Å². The minimum atomic E-state index is 0.0373. The molecular formula is C10H18N2S. The third-order valence-electron chi connectivity index (χ3n) is 2.55. The van der Waals surface area contributed by atoms with Gasteiger partial charge in [0.15, 0.2) is 0 Å². The molecule has 0 radical (unpaired) electrons. The molecule has 0 saturated heterocycles. The van der Waals surface area contributed by atoms with Crippen molar-refractivity contribution in [3.8, 4) is 0 Å². The van der Waals surface area contributed by atoms with Crippen molar-refractivity contribution in [1.82, 2.24) is 0 Å². The van der Waals surface area contributed by atoms with Gasteiger partial charge < -0.3 is 10.6 Å². The monoisotopic (exact) mass is 198 g/mol. The van der Waals surface area contributed by atoms with Gasteiger partial charge in [0.1, 0.15) is 0 Å². The summed E-state index contributed by atoms with van der Waals surface area (Å²) in [4.78, 5) is 2.26. The standard InChI is InChI=1S/C10H18N2S/c1-8-5-6-13-9(8)12(4)10(2,3)7-11/h5-6H,7,11H2,1-4H3. The quantitative estimate of drug-likeness (QED) is 0.807. The van der Waals surface area contributed by atoms with E-state index in [1.54, 1.807) is 11.3 Å². The van der Waals surface area contributed by atoms with Gasteiger partial charge in [-0.2, -0.15) is 0 Å². The van der Waals surface area contributed by atoms with Crippen LogP contribution < -0.4 is 10.6 Å². The van der Waals surface area contributed by atoms with Crippen LogP contribution in [0, 0.1) is 6.92 Å². The molecule has 0 aliphatic rings. The molecule has 0 atom stereocenters. The second-order valence-corrected chi connectivity index (χ2v) is 4.88. The average molecular weight is 198 g/mol. The van der Waals surface area contributed by atoms with E-state index in [4.69, 9.17) is 5.73 Å². The highest BCUT2D eigenvalue weighted by Gasteiger charge is 2.23. The van der Waals surface area contributed by atoms with E-state index in [2.05, 4.69) is 44.2 Å². The minimum absolute atomic E-state index is 0.0373. The van der Waals surface area contributed by atoms with Crippen molar-refractivity contribution >= 4 is 16.3 Å². The van der Waals surface area contributed by atoms with Crippen molar-refractivity contribution in [3.63, 3.8) is 0 Å². The van der Waals surface area contributed by atoms with Gasteiger partial charge in [-0.25, -0.2) is 0 Å². The first kappa shape index (κ1) is 10.5. The van der Waals surface area contributed by atoms with Gasteiger partial charge in [0.2, 0.25) is 0 Å². The normalized spacial score (nSPS) is 11.8. The Bertz CT molecular complexity index is 278. The van der Waals surface area contributed by atoms with Gasteiger partial charge >= 0.3 is 0 Å². The van der Waals surface area contributed by atoms with Crippen LogP contribution in [-0.2, 0) is 0 Å². The zero-order valence-corrected chi connectivity index (χ0v) is 9.61. The molecule has 74 valence electrons. The van der Waals surface area contributed by atoms with E-state index in [1.165, 1.54) is 10.6 Å². The number of aryl methyl sites for hydroxylation is 1. The highest BCUT2D eigenvalue weighted by molar-refractivity contribution is 7.14. The number of nitrogens with two attached hydrogens (primary N) is 1. The Labute approximate surface area is 84.4 Å². The van der Waals surface area contributed by atoms with Crippen LogP contribution in [0.25, 0.3) is 0 Å². The van der Waals surface area contributed by atoms with Crippen LogP contribution in [0.15, 0.2) is 11.4 Å². The maximum atomic E-state index is 5.73. The Hall–Kier alpha value is -0.540. The Balaban J connectivity index is 2.91. The van der Waals surface area contributed by atoms with E-state index < -0.39 is 0 Å². The second kappa shape index (κ2) is 3.68. The van der Waals surface area contributed by atoms with Gasteiger partial charge in [-0.3, -0.25) is 0 Å². The summed E-state index contributed by atoms with van der Waals surface area (Å²) in [6.45, 7) is 7.12. The van der Waals surface area contributed by atoms with Crippen molar-refractivity contribution in [2.45, 2.75) is 26.3 Å². The van der Waals surface area contributed by atoms with Crippen LogP contribution >= 0.6 is 11.3 Å². The molecule has 0 aliphatic carbocycles. The van der Waals surface area contributed by atoms with Crippen molar-refractivity contribution in [3.05, 3.63) is 17.0 Å².